The van der Waals surface area contributed by atoms with Crippen LogP contribution in [-0.4, -0.2) is 42.8 Å². The Balaban J connectivity index is 2.57. The van der Waals surface area contributed by atoms with Crippen molar-refractivity contribution in [3.8, 4) is 5.75 Å². The van der Waals surface area contributed by atoms with Gasteiger partial charge in [-0.25, -0.2) is 4.79 Å². The summed E-state index contributed by atoms with van der Waals surface area (Å²) in [5.74, 6) is -1.24. The van der Waals surface area contributed by atoms with E-state index in [4.69, 9.17) is 26.2 Å². The van der Waals surface area contributed by atoms with Gasteiger partial charge in [0, 0.05) is 12.1 Å². The van der Waals surface area contributed by atoms with Gasteiger partial charge in [0.25, 0.3) is 5.91 Å². The van der Waals surface area contributed by atoms with E-state index in [1.807, 2.05) is 0 Å². The highest BCUT2D eigenvalue weighted by molar-refractivity contribution is 6.30. The van der Waals surface area contributed by atoms with Crippen LogP contribution in [-0.2, 0) is 14.3 Å². The monoisotopic (exact) mass is 301 g/mol. The van der Waals surface area contributed by atoms with Crippen molar-refractivity contribution in [3.63, 3.8) is 0 Å². The summed E-state index contributed by atoms with van der Waals surface area (Å²) < 4.78 is 10.1. The molecule has 2 N–H and O–H groups in total. The third-order valence-electron chi connectivity index (χ3n) is 2.44. The molecule has 7 heteroatoms. The van der Waals surface area contributed by atoms with Gasteiger partial charge >= 0.3 is 5.97 Å². The number of hydrogen-bond acceptors (Lipinski definition) is 4. The highest BCUT2D eigenvalue weighted by atomic mass is 35.5. The van der Waals surface area contributed by atoms with Crippen molar-refractivity contribution in [2.75, 3.05) is 13.7 Å². The second-order valence-corrected chi connectivity index (χ2v) is 4.51. The zero-order chi connectivity index (χ0) is 15.1. The molecule has 0 heterocycles. The number of halogens is 1. The first kappa shape index (κ1) is 16.3. The van der Waals surface area contributed by atoms with Crippen LogP contribution in [0.15, 0.2) is 24.3 Å². The van der Waals surface area contributed by atoms with E-state index in [9.17, 15) is 9.59 Å². The molecular weight excluding hydrogens is 286 g/mol. The predicted octanol–water partition coefficient (Wildman–Crippen LogP) is 1.32. The molecule has 0 saturated heterocycles. The molecule has 0 spiro atoms. The number of carbonyl (C=O) groups excluding carboxylic acids is 1. The van der Waals surface area contributed by atoms with Gasteiger partial charge in [0.15, 0.2) is 12.1 Å². The number of carbonyl (C=O) groups is 2. The van der Waals surface area contributed by atoms with Crippen LogP contribution in [0, 0.1) is 0 Å². The summed E-state index contributed by atoms with van der Waals surface area (Å²) in [6, 6.07) is 5.40. The zero-order valence-corrected chi connectivity index (χ0v) is 11.9. The summed E-state index contributed by atoms with van der Waals surface area (Å²) in [6.45, 7) is 1.41. The molecule has 1 amide bonds. The first-order valence-corrected chi connectivity index (χ1v) is 6.26. The van der Waals surface area contributed by atoms with E-state index in [1.54, 1.807) is 24.3 Å². The van der Waals surface area contributed by atoms with Crippen molar-refractivity contribution < 1.29 is 24.2 Å². The Labute approximate surface area is 121 Å². The highest BCUT2D eigenvalue weighted by Gasteiger charge is 2.23. The summed E-state index contributed by atoms with van der Waals surface area (Å²) in [5.41, 5.74) is 0. The minimum Gasteiger partial charge on any atom is -0.481 e. The number of ether oxygens (including phenoxy) is 2. The molecule has 1 rings (SSSR count). The second-order valence-electron chi connectivity index (χ2n) is 4.07. The molecule has 0 aromatic heterocycles. The minimum atomic E-state index is -1.17. The summed E-state index contributed by atoms with van der Waals surface area (Å²) in [7, 11) is 1.36. The molecular formula is C13H16ClNO5. The topological polar surface area (TPSA) is 84.9 Å². The van der Waals surface area contributed by atoms with Gasteiger partial charge in [-0.2, -0.15) is 0 Å². The first-order chi connectivity index (χ1) is 9.43. The van der Waals surface area contributed by atoms with Crippen LogP contribution >= 0.6 is 11.6 Å². The summed E-state index contributed by atoms with van der Waals surface area (Å²) in [5, 5.41) is 11.8. The lowest BCUT2D eigenvalue weighted by Gasteiger charge is -2.18. The van der Waals surface area contributed by atoms with Crippen LogP contribution < -0.4 is 10.1 Å². The summed E-state index contributed by atoms with van der Waals surface area (Å²) in [4.78, 5) is 22.7. The molecule has 1 aromatic rings. The summed E-state index contributed by atoms with van der Waals surface area (Å²) in [6.07, 6.45) is -0.838. The third-order valence-corrected chi connectivity index (χ3v) is 2.70. The normalized spacial score (nSPS) is 13.3. The Morgan fingerprint density at radius 2 is 1.95 bits per heavy atom. The Hall–Kier alpha value is -1.79. The lowest BCUT2D eigenvalue weighted by Crippen LogP contribution is -2.48. The molecule has 0 aliphatic heterocycles. The van der Waals surface area contributed by atoms with E-state index in [1.165, 1.54) is 14.0 Å². The largest absolute Gasteiger partial charge is 0.481 e. The Bertz CT molecular complexity index is 462. The average Bonchev–Trinajstić information content (AvgIpc) is 2.40. The molecule has 20 heavy (non-hydrogen) atoms. The maximum atomic E-state index is 11.8. The molecule has 0 aliphatic carbocycles. The van der Waals surface area contributed by atoms with Crippen molar-refractivity contribution in [3.05, 3.63) is 29.3 Å². The highest BCUT2D eigenvalue weighted by Crippen LogP contribution is 2.16. The van der Waals surface area contributed by atoms with Gasteiger partial charge in [-0.3, -0.25) is 4.79 Å². The Morgan fingerprint density at radius 1 is 1.35 bits per heavy atom. The fourth-order valence-electron chi connectivity index (χ4n) is 1.40. The van der Waals surface area contributed by atoms with E-state index in [2.05, 4.69) is 5.32 Å². The molecule has 0 fully saturated rings. The number of rotatable bonds is 7. The molecule has 6 nitrogen and oxygen atoms in total. The number of benzene rings is 1. The van der Waals surface area contributed by atoms with Crippen LogP contribution in [0.5, 0.6) is 5.75 Å². The number of carboxylic acids is 1. The van der Waals surface area contributed by atoms with Crippen molar-refractivity contribution in [2.24, 2.45) is 0 Å². The molecule has 2 unspecified atom stereocenters. The van der Waals surface area contributed by atoms with Crippen molar-refractivity contribution in [2.45, 2.75) is 19.1 Å². The van der Waals surface area contributed by atoms with Gasteiger partial charge in [0.1, 0.15) is 5.75 Å². The summed E-state index contributed by atoms with van der Waals surface area (Å²) >= 11 is 5.74. The van der Waals surface area contributed by atoms with Gasteiger partial charge in [0.05, 0.1) is 6.61 Å². The van der Waals surface area contributed by atoms with E-state index < -0.39 is 24.0 Å². The van der Waals surface area contributed by atoms with Gasteiger partial charge in [-0.05, 0) is 31.2 Å². The molecule has 0 saturated carbocycles. The smallest absolute Gasteiger partial charge is 0.328 e. The van der Waals surface area contributed by atoms with E-state index in [0.717, 1.165) is 0 Å². The van der Waals surface area contributed by atoms with Gasteiger partial charge in [0.2, 0.25) is 0 Å². The van der Waals surface area contributed by atoms with Crippen LogP contribution in [0.4, 0.5) is 0 Å². The predicted molar refractivity (Wildman–Crippen MR) is 73.0 cm³/mol. The number of amides is 1. The second kappa shape index (κ2) is 7.72. The number of methoxy groups -OCH3 is 1. The maximum absolute atomic E-state index is 11.8. The lowest BCUT2D eigenvalue weighted by atomic mass is 10.2. The van der Waals surface area contributed by atoms with E-state index in [-0.39, 0.29) is 6.61 Å². The Morgan fingerprint density at radius 3 is 2.45 bits per heavy atom. The quantitative estimate of drug-likeness (QED) is 0.793. The van der Waals surface area contributed by atoms with Gasteiger partial charge in [-0.15, -0.1) is 0 Å². The minimum absolute atomic E-state index is 0.116. The zero-order valence-electron chi connectivity index (χ0n) is 11.1. The molecule has 0 bridgehead atoms. The molecule has 110 valence electrons. The van der Waals surface area contributed by atoms with Crippen LogP contribution in [0.2, 0.25) is 5.02 Å². The van der Waals surface area contributed by atoms with Gasteiger partial charge in [-0.1, -0.05) is 11.6 Å². The van der Waals surface area contributed by atoms with Crippen LogP contribution in [0.25, 0.3) is 0 Å². The van der Waals surface area contributed by atoms with E-state index in [0.29, 0.717) is 10.8 Å². The Kier molecular flexibility index (Phi) is 6.27. The van der Waals surface area contributed by atoms with Crippen molar-refractivity contribution >= 4 is 23.5 Å². The number of nitrogens with one attached hydrogen (secondary N) is 1. The SMILES string of the molecule is COCC(NC(=O)C(C)Oc1ccc(Cl)cc1)C(=O)O. The number of aliphatic carboxylic acids is 1. The number of hydrogen-bond donors (Lipinski definition) is 2. The molecule has 0 aliphatic rings. The molecule has 0 radical (unpaired) electrons. The average molecular weight is 302 g/mol. The standard InChI is InChI=1S/C13H16ClNO5/c1-8(20-10-5-3-9(14)4-6-10)12(16)15-11(7-19-2)13(17)18/h3-6,8,11H,7H2,1-2H3,(H,15,16)(H,17,18). The van der Waals surface area contributed by atoms with Crippen LogP contribution in [0.1, 0.15) is 6.92 Å². The number of carboxylic acid groups (broad SMARTS) is 1. The van der Waals surface area contributed by atoms with Crippen molar-refractivity contribution in [1.82, 2.24) is 5.32 Å². The van der Waals surface area contributed by atoms with E-state index >= 15 is 0 Å². The third kappa shape index (κ3) is 5.07. The fraction of sp³-hybridized carbons (Fsp3) is 0.385. The lowest BCUT2D eigenvalue weighted by molar-refractivity contribution is -0.144. The van der Waals surface area contributed by atoms with Crippen molar-refractivity contribution in [1.29, 1.82) is 0 Å². The molecule has 1 aromatic carbocycles. The van der Waals surface area contributed by atoms with Gasteiger partial charge < -0.3 is 19.9 Å². The maximum Gasteiger partial charge on any atom is 0.328 e. The van der Waals surface area contributed by atoms with Crippen LogP contribution in [0.3, 0.4) is 0 Å². The molecule has 2 atom stereocenters. The fourth-order valence-corrected chi connectivity index (χ4v) is 1.53. The first-order valence-electron chi connectivity index (χ1n) is 5.88.